The van der Waals surface area contributed by atoms with Gasteiger partial charge in [0.15, 0.2) is 0 Å². The van der Waals surface area contributed by atoms with Crippen LogP contribution in [0.25, 0.3) is 0 Å². The maximum Gasteiger partial charge on any atom is 0.230 e. The molecule has 1 aliphatic rings. The molecule has 0 aromatic heterocycles. The number of nitrogens with zero attached hydrogens (tertiary/aromatic N) is 1. The van der Waals surface area contributed by atoms with Crippen molar-refractivity contribution in [2.75, 3.05) is 7.05 Å². The topological polar surface area (TPSA) is 20.3 Å². The highest BCUT2D eigenvalue weighted by atomic mass is 16.2. The van der Waals surface area contributed by atoms with E-state index in [1.54, 1.807) is 11.9 Å². The van der Waals surface area contributed by atoms with Crippen molar-refractivity contribution in [1.82, 2.24) is 4.90 Å². The average molecular weight is 137 g/mol. The van der Waals surface area contributed by atoms with Gasteiger partial charge in [-0.1, -0.05) is 6.58 Å². The zero-order valence-electron chi connectivity index (χ0n) is 6.35. The predicted molar refractivity (Wildman–Crippen MR) is 40.3 cm³/mol. The van der Waals surface area contributed by atoms with E-state index in [1.165, 1.54) is 0 Å². The van der Waals surface area contributed by atoms with Crippen LogP contribution in [0.2, 0.25) is 0 Å². The molecule has 1 heterocycles. The highest BCUT2D eigenvalue weighted by Gasteiger charge is 2.14. The molecule has 0 fully saturated rings. The first-order valence-electron chi connectivity index (χ1n) is 3.23. The van der Waals surface area contributed by atoms with Crippen LogP contribution in [0.5, 0.6) is 0 Å². The largest absolute Gasteiger partial charge is 0.322 e. The summed E-state index contributed by atoms with van der Waals surface area (Å²) in [5.74, 6) is 0.121. The first-order valence-corrected chi connectivity index (χ1v) is 3.23. The van der Waals surface area contributed by atoms with Crippen molar-refractivity contribution in [3.8, 4) is 0 Å². The summed E-state index contributed by atoms with van der Waals surface area (Å²) in [6.07, 6.45) is 2.28. The Hall–Kier alpha value is -1.05. The van der Waals surface area contributed by atoms with Crippen molar-refractivity contribution >= 4 is 5.91 Å². The minimum atomic E-state index is 0.121. The van der Waals surface area contributed by atoms with E-state index in [0.29, 0.717) is 6.42 Å². The molecule has 0 bridgehead atoms. The molecule has 0 unspecified atom stereocenters. The molecule has 1 rings (SSSR count). The predicted octanol–water partition coefficient (Wildman–Crippen LogP) is 1.31. The third kappa shape index (κ3) is 1.10. The Bertz CT molecular complexity index is 215. The van der Waals surface area contributed by atoms with Crippen molar-refractivity contribution in [3.63, 3.8) is 0 Å². The van der Waals surface area contributed by atoms with Gasteiger partial charge in [0.25, 0.3) is 0 Å². The average Bonchev–Trinajstić information content (AvgIpc) is 1.84. The fourth-order valence-corrected chi connectivity index (χ4v) is 0.900. The molecule has 54 valence electrons. The fourth-order valence-electron chi connectivity index (χ4n) is 0.900. The number of allylic oxidation sites excluding steroid dienone is 1. The minimum absolute atomic E-state index is 0.121. The number of rotatable bonds is 0. The van der Waals surface area contributed by atoms with Gasteiger partial charge in [0, 0.05) is 13.2 Å². The minimum Gasteiger partial charge on any atom is -0.322 e. The Morgan fingerprint density at radius 2 is 2.30 bits per heavy atom. The van der Waals surface area contributed by atoms with Gasteiger partial charge in [-0.3, -0.25) is 4.79 Å². The van der Waals surface area contributed by atoms with Crippen LogP contribution in [-0.4, -0.2) is 17.9 Å². The van der Waals surface area contributed by atoms with Crippen LogP contribution in [0.3, 0.4) is 0 Å². The normalized spacial score (nSPS) is 19.4. The van der Waals surface area contributed by atoms with Gasteiger partial charge < -0.3 is 4.90 Å². The quantitative estimate of drug-likeness (QED) is 0.493. The molecular formula is C8H11NO. The number of carbonyl (C=O) groups is 1. The molecule has 0 aromatic carbocycles. The van der Waals surface area contributed by atoms with Crippen molar-refractivity contribution < 1.29 is 4.79 Å². The van der Waals surface area contributed by atoms with E-state index in [0.717, 1.165) is 11.1 Å². The lowest BCUT2D eigenvalue weighted by Gasteiger charge is -2.20. The first kappa shape index (κ1) is 7.06. The summed E-state index contributed by atoms with van der Waals surface area (Å²) in [5, 5.41) is 0. The molecule has 10 heavy (non-hydrogen) atoms. The van der Waals surface area contributed by atoms with Crippen LogP contribution in [-0.2, 0) is 4.79 Å². The van der Waals surface area contributed by atoms with E-state index >= 15 is 0 Å². The Morgan fingerprint density at radius 1 is 1.70 bits per heavy atom. The van der Waals surface area contributed by atoms with Crippen molar-refractivity contribution in [2.24, 2.45) is 0 Å². The third-order valence-electron chi connectivity index (χ3n) is 1.70. The smallest absolute Gasteiger partial charge is 0.230 e. The highest BCUT2D eigenvalue weighted by Crippen LogP contribution is 2.18. The van der Waals surface area contributed by atoms with Gasteiger partial charge in [-0.05, 0) is 18.1 Å². The highest BCUT2D eigenvalue weighted by molar-refractivity contribution is 5.82. The first-order chi connectivity index (χ1) is 4.61. The summed E-state index contributed by atoms with van der Waals surface area (Å²) >= 11 is 0. The summed E-state index contributed by atoms with van der Waals surface area (Å²) in [6, 6.07) is 0. The Labute approximate surface area is 60.8 Å². The van der Waals surface area contributed by atoms with Gasteiger partial charge in [-0.2, -0.15) is 0 Å². The van der Waals surface area contributed by atoms with Crippen LogP contribution in [0.4, 0.5) is 0 Å². The second-order valence-electron chi connectivity index (χ2n) is 2.60. The summed E-state index contributed by atoms with van der Waals surface area (Å²) < 4.78 is 0. The molecule has 1 amide bonds. The standard InChI is InChI=1S/C8H11NO/c1-6-4-8(10)9(3)5-7(6)2/h5H,1,4H2,2-3H3. The van der Waals surface area contributed by atoms with E-state index in [1.807, 2.05) is 13.1 Å². The molecule has 0 aliphatic carbocycles. The van der Waals surface area contributed by atoms with Crippen LogP contribution in [0, 0.1) is 0 Å². The number of hydrogen-bond acceptors (Lipinski definition) is 1. The summed E-state index contributed by atoms with van der Waals surface area (Å²) in [7, 11) is 1.76. The molecule has 1 aliphatic heterocycles. The van der Waals surface area contributed by atoms with Gasteiger partial charge in [0.05, 0.1) is 6.42 Å². The second kappa shape index (κ2) is 2.29. The van der Waals surface area contributed by atoms with Gasteiger partial charge in [0.2, 0.25) is 5.91 Å². The van der Waals surface area contributed by atoms with Crippen LogP contribution >= 0.6 is 0 Å². The molecular weight excluding hydrogens is 126 g/mol. The fraction of sp³-hybridized carbons (Fsp3) is 0.375. The lowest BCUT2D eigenvalue weighted by atomic mass is 10.0. The second-order valence-corrected chi connectivity index (χ2v) is 2.60. The summed E-state index contributed by atoms with van der Waals surface area (Å²) in [5.41, 5.74) is 2.03. The molecule has 0 spiro atoms. The van der Waals surface area contributed by atoms with Crippen molar-refractivity contribution in [3.05, 3.63) is 23.9 Å². The molecule has 0 saturated heterocycles. The monoisotopic (exact) mass is 137 g/mol. The van der Waals surface area contributed by atoms with Crippen LogP contribution in [0.15, 0.2) is 23.9 Å². The molecule has 2 nitrogen and oxygen atoms in total. The zero-order valence-corrected chi connectivity index (χ0v) is 6.35. The summed E-state index contributed by atoms with van der Waals surface area (Å²) in [4.78, 5) is 12.6. The molecule has 2 heteroatoms. The van der Waals surface area contributed by atoms with Crippen molar-refractivity contribution in [1.29, 1.82) is 0 Å². The molecule has 0 radical (unpaired) electrons. The van der Waals surface area contributed by atoms with E-state index in [2.05, 4.69) is 6.58 Å². The van der Waals surface area contributed by atoms with Crippen LogP contribution < -0.4 is 0 Å². The summed E-state index contributed by atoms with van der Waals surface area (Å²) in [6.45, 7) is 5.73. The SMILES string of the molecule is C=C1CC(=O)N(C)C=C1C. The maximum absolute atomic E-state index is 11.0. The molecule has 0 saturated carbocycles. The van der Waals surface area contributed by atoms with E-state index in [4.69, 9.17) is 0 Å². The van der Waals surface area contributed by atoms with E-state index in [-0.39, 0.29) is 5.91 Å². The number of hydrogen-bond donors (Lipinski definition) is 0. The van der Waals surface area contributed by atoms with Gasteiger partial charge >= 0.3 is 0 Å². The third-order valence-corrected chi connectivity index (χ3v) is 1.70. The molecule has 0 aromatic rings. The van der Waals surface area contributed by atoms with Crippen molar-refractivity contribution in [2.45, 2.75) is 13.3 Å². The van der Waals surface area contributed by atoms with Gasteiger partial charge in [-0.25, -0.2) is 0 Å². The lowest BCUT2D eigenvalue weighted by Crippen LogP contribution is -2.25. The number of carbonyl (C=O) groups excluding carboxylic acids is 1. The molecule has 0 N–H and O–H groups in total. The maximum atomic E-state index is 11.0. The Balaban J connectivity index is 2.89. The van der Waals surface area contributed by atoms with Crippen LogP contribution in [0.1, 0.15) is 13.3 Å². The Kier molecular flexibility index (Phi) is 1.62. The van der Waals surface area contributed by atoms with Gasteiger partial charge in [0.1, 0.15) is 0 Å². The Morgan fingerprint density at radius 3 is 2.80 bits per heavy atom. The number of amides is 1. The van der Waals surface area contributed by atoms with E-state index in [9.17, 15) is 4.79 Å². The van der Waals surface area contributed by atoms with Gasteiger partial charge in [-0.15, -0.1) is 0 Å². The zero-order chi connectivity index (χ0) is 7.72. The lowest BCUT2D eigenvalue weighted by molar-refractivity contribution is -0.127. The van der Waals surface area contributed by atoms with E-state index < -0.39 is 0 Å². The molecule has 0 atom stereocenters.